The lowest BCUT2D eigenvalue weighted by Crippen LogP contribution is -1.99. The molecule has 78 valence electrons. The Bertz CT molecular complexity index is 417. The summed E-state index contributed by atoms with van der Waals surface area (Å²) >= 11 is 0. The largest absolute Gasteiger partial charge is 0.487 e. The fraction of sp³-hybridized carbons (Fsp3) is 0.182. The Morgan fingerprint density at radius 1 is 1.33 bits per heavy atom. The van der Waals surface area contributed by atoms with Crippen molar-refractivity contribution in [2.75, 3.05) is 5.73 Å². The number of para-hydroxylation sites is 1. The molecule has 0 saturated carbocycles. The highest BCUT2D eigenvalue weighted by molar-refractivity contribution is 5.30. The first-order chi connectivity index (χ1) is 7.25. The zero-order valence-electron chi connectivity index (χ0n) is 8.55. The normalized spacial score (nSPS) is 10.2. The third-order valence-electron chi connectivity index (χ3n) is 2.10. The van der Waals surface area contributed by atoms with Crippen molar-refractivity contribution in [2.24, 2.45) is 7.05 Å². The summed E-state index contributed by atoms with van der Waals surface area (Å²) in [6.45, 7) is 0.440. The number of nitrogens with two attached hydrogens (primary N) is 1. The molecule has 0 unspecified atom stereocenters. The Balaban J connectivity index is 1.99. The lowest BCUT2D eigenvalue weighted by Gasteiger charge is -2.02. The molecule has 1 aromatic carbocycles. The van der Waals surface area contributed by atoms with E-state index in [1.807, 2.05) is 36.4 Å². The first kappa shape index (κ1) is 9.58. The molecular weight excluding hydrogens is 190 g/mol. The highest BCUT2D eigenvalue weighted by Gasteiger charge is 2.02. The smallest absolute Gasteiger partial charge is 0.132 e. The molecule has 0 aliphatic rings. The van der Waals surface area contributed by atoms with Crippen molar-refractivity contribution in [3.05, 3.63) is 42.1 Å². The van der Waals surface area contributed by atoms with Crippen LogP contribution in [0, 0.1) is 0 Å². The molecule has 0 amide bonds. The van der Waals surface area contributed by atoms with Crippen LogP contribution in [-0.2, 0) is 13.7 Å². The molecule has 15 heavy (non-hydrogen) atoms. The van der Waals surface area contributed by atoms with Gasteiger partial charge in [0.25, 0.3) is 0 Å². The number of hydrogen-bond donors (Lipinski definition) is 1. The third-order valence-corrected chi connectivity index (χ3v) is 2.10. The average molecular weight is 203 g/mol. The van der Waals surface area contributed by atoms with E-state index in [0.29, 0.717) is 12.4 Å². The monoisotopic (exact) mass is 203 g/mol. The van der Waals surface area contributed by atoms with E-state index in [1.54, 1.807) is 11.7 Å². The van der Waals surface area contributed by atoms with Gasteiger partial charge in [0.05, 0.1) is 0 Å². The third kappa shape index (κ3) is 2.28. The van der Waals surface area contributed by atoms with Crippen molar-refractivity contribution in [3.8, 4) is 5.75 Å². The van der Waals surface area contributed by atoms with Crippen LogP contribution in [0.3, 0.4) is 0 Å². The summed E-state index contributed by atoms with van der Waals surface area (Å²) in [6.07, 6.45) is 0. The van der Waals surface area contributed by atoms with Gasteiger partial charge < -0.3 is 10.5 Å². The number of aromatic nitrogens is 2. The zero-order chi connectivity index (χ0) is 10.7. The van der Waals surface area contributed by atoms with Crippen molar-refractivity contribution >= 4 is 5.82 Å². The topological polar surface area (TPSA) is 53.1 Å². The van der Waals surface area contributed by atoms with E-state index in [1.165, 1.54) is 0 Å². The van der Waals surface area contributed by atoms with Crippen LogP contribution in [0.2, 0.25) is 0 Å². The highest BCUT2D eigenvalue weighted by Crippen LogP contribution is 2.12. The number of rotatable bonds is 3. The van der Waals surface area contributed by atoms with E-state index in [9.17, 15) is 0 Å². The standard InChI is InChI=1S/C11H13N3O/c1-14-11(12)7-9(13-14)8-15-10-5-3-2-4-6-10/h2-7H,8,12H2,1H3. The zero-order valence-corrected chi connectivity index (χ0v) is 8.55. The Kier molecular flexibility index (Phi) is 2.58. The van der Waals surface area contributed by atoms with Crippen LogP contribution in [-0.4, -0.2) is 9.78 Å². The summed E-state index contributed by atoms with van der Waals surface area (Å²) in [5.74, 6) is 1.48. The molecule has 0 aliphatic carbocycles. The maximum atomic E-state index is 5.65. The maximum absolute atomic E-state index is 5.65. The van der Waals surface area contributed by atoms with Crippen molar-refractivity contribution < 1.29 is 4.74 Å². The second-order valence-electron chi connectivity index (χ2n) is 3.29. The van der Waals surface area contributed by atoms with Crippen LogP contribution in [0.1, 0.15) is 5.69 Å². The summed E-state index contributed by atoms with van der Waals surface area (Å²) in [4.78, 5) is 0. The van der Waals surface area contributed by atoms with Crippen LogP contribution in [0.5, 0.6) is 5.75 Å². The molecule has 1 heterocycles. The van der Waals surface area contributed by atoms with Gasteiger partial charge in [0.15, 0.2) is 0 Å². The summed E-state index contributed by atoms with van der Waals surface area (Å²) in [5, 5.41) is 4.19. The van der Waals surface area contributed by atoms with E-state index in [4.69, 9.17) is 10.5 Å². The van der Waals surface area contributed by atoms with Crippen LogP contribution in [0.15, 0.2) is 36.4 Å². The van der Waals surface area contributed by atoms with Crippen LogP contribution in [0.25, 0.3) is 0 Å². The number of benzene rings is 1. The minimum absolute atomic E-state index is 0.440. The number of nitrogen functional groups attached to an aromatic ring is 1. The molecule has 0 saturated heterocycles. The molecule has 0 bridgehead atoms. The summed E-state index contributed by atoms with van der Waals surface area (Å²) in [5.41, 5.74) is 6.49. The first-order valence-electron chi connectivity index (χ1n) is 4.72. The summed E-state index contributed by atoms with van der Waals surface area (Å²) < 4.78 is 7.16. The molecule has 4 nitrogen and oxygen atoms in total. The van der Waals surface area contributed by atoms with Gasteiger partial charge >= 0.3 is 0 Å². The van der Waals surface area contributed by atoms with Crippen LogP contribution < -0.4 is 10.5 Å². The number of hydrogen-bond acceptors (Lipinski definition) is 3. The Morgan fingerprint density at radius 2 is 2.07 bits per heavy atom. The predicted molar refractivity (Wildman–Crippen MR) is 58.4 cm³/mol. The SMILES string of the molecule is Cn1nc(COc2ccccc2)cc1N. The molecule has 2 aromatic rings. The average Bonchev–Trinajstić information content (AvgIpc) is 2.57. The van der Waals surface area contributed by atoms with Gasteiger partial charge in [-0.2, -0.15) is 5.10 Å². The quantitative estimate of drug-likeness (QED) is 0.824. The Morgan fingerprint density at radius 3 is 2.67 bits per heavy atom. The first-order valence-corrected chi connectivity index (χ1v) is 4.72. The van der Waals surface area contributed by atoms with Gasteiger partial charge in [0.2, 0.25) is 0 Å². The number of aryl methyl sites for hydroxylation is 1. The molecular formula is C11H13N3O. The molecule has 4 heteroatoms. The Hall–Kier alpha value is -1.97. The summed E-state index contributed by atoms with van der Waals surface area (Å²) in [7, 11) is 1.81. The second kappa shape index (κ2) is 4.04. The lowest BCUT2D eigenvalue weighted by atomic mass is 10.3. The highest BCUT2D eigenvalue weighted by atomic mass is 16.5. The Labute approximate surface area is 88.3 Å². The molecule has 1 aromatic heterocycles. The molecule has 2 N–H and O–H groups in total. The number of anilines is 1. The fourth-order valence-electron chi connectivity index (χ4n) is 1.29. The molecule has 0 spiro atoms. The minimum atomic E-state index is 0.440. The lowest BCUT2D eigenvalue weighted by molar-refractivity contribution is 0.300. The summed E-state index contributed by atoms with van der Waals surface area (Å²) in [6, 6.07) is 11.4. The van der Waals surface area contributed by atoms with Gasteiger partial charge in [-0.15, -0.1) is 0 Å². The molecule has 0 radical (unpaired) electrons. The second-order valence-corrected chi connectivity index (χ2v) is 3.29. The van der Waals surface area contributed by atoms with E-state index in [-0.39, 0.29) is 0 Å². The van der Waals surface area contributed by atoms with E-state index < -0.39 is 0 Å². The van der Waals surface area contributed by atoms with E-state index in [0.717, 1.165) is 11.4 Å². The van der Waals surface area contributed by atoms with Gasteiger partial charge in [-0.3, -0.25) is 4.68 Å². The van der Waals surface area contributed by atoms with Gasteiger partial charge in [-0.1, -0.05) is 18.2 Å². The van der Waals surface area contributed by atoms with Crippen molar-refractivity contribution in [2.45, 2.75) is 6.61 Å². The fourth-order valence-corrected chi connectivity index (χ4v) is 1.29. The molecule has 0 aliphatic heterocycles. The molecule has 2 rings (SSSR count). The predicted octanol–water partition coefficient (Wildman–Crippen LogP) is 1.58. The van der Waals surface area contributed by atoms with E-state index in [2.05, 4.69) is 5.10 Å². The van der Waals surface area contributed by atoms with Crippen molar-refractivity contribution in [3.63, 3.8) is 0 Å². The molecule has 0 atom stereocenters. The van der Waals surface area contributed by atoms with Crippen molar-refractivity contribution in [1.29, 1.82) is 0 Å². The van der Waals surface area contributed by atoms with Gasteiger partial charge in [-0.25, -0.2) is 0 Å². The van der Waals surface area contributed by atoms with Crippen LogP contribution >= 0.6 is 0 Å². The van der Waals surface area contributed by atoms with Gasteiger partial charge in [0, 0.05) is 13.1 Å². The van der Waals surface area contributed by atoms with E-state index >= 15 is 0 Å². The number of ether oxygens (including phenoxy) is 1. The van der Waals surface area contributed by atoms with Gasteiger partial charge in [-0.05, 0) is 12.1 Å². The van der Waals surface area contributed by atoms with Gasteiger partial charge in [0.1, 0.15) is 23.9 Å². The number of nitrogens with zero attached hydrogens (tertiary/aromatic N) is 2. The maximum Gasteiger partial charge on any atom is 0.132 e. The van der Waals surface area contributed by atoms with Crippen molar-refractivity contribution in [1.82, 2.24) is 9.78 Å². The minimum Gasteiger partial charge on any atom is -0.487 e. The van der Waals surface area contributed by atoms with Crippen LogP contribution in [0.4, 0.5) is 5.82 Å². The molecule has 0 fully saturated rings.